The minimum Gasteiger partial charge on any atom is -0.481 e. The van der Waals surface area contributed by atoms with Crippen LogP contribution in [-0.4, -0.2) is 44.8 Å². The van der Waals surface area contributed by atoms with Gasteiger partial charge in [0, 0.05) is 11.6 Å². The molecule has 1 aromatic heterocycles. The van der Waals surface area contributed by atoms with Crippen LogP contribution in [0.2, 0.25) is 0 Å². The first-order valence-corrected chi connectivity index (χ1v) is 12.7. The average Bonchev–Trinajstić information content (AvgIpc) is 3.53. The Hall–Kier alpha value is -3.37. The molecule has 3 N–H and O–H groups in total. The van der Waals surface area contributed by atoms with Crippen molar-refractivity contribution in [1.29, 1.82) is 0 Å². The summed E-state index contributed by atoms with van der Waals surface area (Å²) in [6, 6.07) is 4.83. The second kappa shape index (κ2) is 11.4. The minimum absolute atomic E-state index is 0.0819. The van der Waals surface area contributed by atoms with Gasteiger partial charge >= 0.3 is 12.1 Å². The number of hydrogen-bond acceptors (Lipinski definition) is 4. The first-order chi connectivity index (χ1) is 17.6. The maximum atomic E-state index is 13.8. The largest absolute Gasteiger partial charge is 0.481 e. The molecule has 0 unspecified atom stereocenters. The zero-order valence-electron chi connectivity index (χ0n) is 20.4. The molecule has 200 valence electrons. The number of rotatable bonds is 8. The Balaban J connectivity index is 1.62. The van der Waals surface area contributed by atoms with Gasteiger partial charge in [0.05, 0.1) is 23.7 Å². The van der Waals surface area contributed by atoms with Gasteiger partial charge in [0.15, 0.2) is 5.69 Å². The van der Waals surface area contributed by atoms with Crippen LogP contribution < -0.4 is 10.6 Å². The predicted octanol–water partition coefficient (Wildman–Crippen LogP) is 4.71. The molecular weight excluding hydrogens is 489 g/mol. The topological polar surface area (TPSA) is 113 Å². The van der Waals surface area contributed by atoms with E-state index in [4.69, 9.17) is 0 Å². The van der Waals surface area contributed by atoms with Crippen LogP contribution in [0.25, 0.3) is 11.3 Å². The van der Waals surface area contributed by atoms with Gasteiger partial charge in [0.2, 0.25) is 5.91 Å². The van der Waals surface area contributed by atoms with Crippen molar-refractivity contribution < 1.29 is 32.7 Å². The number of carboxylic acid groups (broad SMARTS) is 1. The summed E-state index contributed by atoms with van der Waals surface area (Å²) < 4.78 is 42.8. The highest BCUT2D eigenvalue weighted by atomic mass is 19.4. The number of nitrogens with zero attached hydrogens (tertiary/aromatic N) is 2. The van der Waals surface area contributed by atoms with Crippen LogP contribution in [-0.2, 0) is 15.8 Å². The van der Waals surface area contributed by atoms with Crippen molar-refractivity contribution in [3.8, 4) is 11.3 Å². The molecule has 2 amide bonds. The lowest BCUT2D eigenvalue weighted by Gasteiger charge is -2.25. The molecule has 0 spiro atoms. The van der Waals surface area contributed by atoms with E-state index in [-0.39, 0.29) is 29.0 Å². The van der Waals surface area contributed by atoms with Gasteiger partial charge in [-0.25, -0.2) is 0 Å². The predicted molar refractivity (Wildman–Crippen MR) is 129 cm³/mol. The molecule has 2 aliphatic rings. The number of alkyl halides is 3. The molecule has 2 aliphatic carbocycles. The molecule has 8 nitrogen and oxygen atoms in total. The number of benzene rings is 1. The van der Waals surface area contributed by atoms with E-state index in [1.54, 1.807) is 0 Å². The van der Waals surface area contributed by atoms with Gasteiger partial charge < -0.3 is 15.7 Å². The number of nitrogens with one attached hydrogen (secondary N) is 2. The highest BCUT2D eigenvalue weighted by Gasteiger charge is 2.36. The third-order valence-corrected chi connectivity index (χ3v) is 7.10. The molecule has 11 heteroatoms. The fraction of sp³-hybridized carbons (Fsp3) is 0.538. The van der Waals surface area contributed by atoms with E-state index in [1.807, 2.05) is 0 Å². The van der Waals surface area contributed by atoms with Gasteiger partial charge in [-0.05, 0) is 37.8 Å². The third-order valence-electron chi connectivity index (χ3n) is 7.10. The standard InChI is InChI=1S/C26H31F3N4O4/c27-26(28,29)19-13-7-6-12-18(19)22-14-21(32-33(22)17-10-4-5-11-17)25(37)31-20(15-23(34)35)24(36)30-16-8-2-1-3-9-16/h6-7,12-14,16-17,20H,1-5,8-11,15H2,(H,30,36)(H,31,37)(H,34,35)/t20-/m1/s1. The van der Waals surface area contributed by atoms with Gasteiger partial charge in [0.1, 0.15) is 6.04 Å². The van der Waals surface area contributed by atoms with Crippen molar-refractivity contribution in [2.75, 3.05) is 0 Å². The van der Waals surface area contributed by atoms with Crippen LogP contribution in [0.5, 0.6) is 0 Å². The van der Waals surface area contributed by atoms with Gasteiger partial charge in [0.25, 0.3) is 5.91 Å². The summed E-state index contributed by atoms with van der Waals surface area (Å²) >= 11 is 0. The Bertz CT molecular complexity index is 1140. The number of amides is 2. The van der Waals surface area contributed by atoms with Crippen molar-refractivity contribution in [3.05, 3.63) is 41.6 Å². The summed E-state index contributed by atoms with van der Waals surface area (Å²) in [4.78, 5) is 37.4. The molecule has 1 aromatic carbocycles. The lowest BCUT2D eigenvalue weighted by Crippen LogP contribution is -2.50. The summed E-state index contributed by atoms with van der Waals surface area (Å²) in [5.41, 5.74) is -0.937. The van der Waals surface area contributed by atoms with Crippen LogP contribution >= 0.6 is 0 Å². The minimum atomic E-state index is -4.60. The summed E-state index contributed by atoms with van der Waals surface area (Å²) in [5.74, 6) is -2.67. The van der Waals surface area contributed by atoms with E-state index in [0.29, 0.717) is 0 Å². The Kier molecular flexibility index (Phi) is 8.19. The smallest absolute Gasteiger partial charge is 0.417 e. The second-order valence-corrected chi connectivity index (χ2v) is 9.81. The normalized spacial score (nSPS) is 17.9. The lowest BCUT2D eigenvalue weighted by molar-refractivity contribution is -0.140. The average molecular weight is 521 g/mol. The summed E-state index contributed by atoms with van der Waals surface area (Å²) in [6.45, 7) is 0. The van der Waals surface area contributed by atoms with E-state index < -0.39 is 42.0 Å². The number of carbonyl (C=O) groups excluding carboxylic acids is 2. The number of hydrogen-bond donors (Lipinski definition) is 3. The van der Waals surface area contributed by atoms with Crippen molar-refractivity contribution in [1.82, 2.24) is 20.4 Å². The molecule has 4 rings (SSSR count). The molecule has 2 aromatic rings. The first-order valence-electron chi connectivity index (χ1n) is 12.7. The van der Waals surface area contributed by atoms with Crippen molar-refractivity contribution in [2.24, 2.45) is 0 Å². The van der Waals surface area contributed by atoms with Gasteiger partial charge in [-0.2, -0.15) is 18.3 Å². The molecule has 2 fully saturated rings. The van der Waals surface area contributed by atoms with E-state index in [2.05, 4.69) is 15.7 Å². The van der Waals surface area contributed by atoms with E-state index in [9.17, 15) is 32.7 Å². The van der Waals surface area contributed by atoms with Crippen LogP contribution in [0, 0.1) is 0 Å². The van der Waals surface area contributed by atoms with E-state index in [1.165, 1.54) is 28.9 Å². The Morgan fingerprint density at radius 1 is 1.03 bits per heavy atom. The second-order valence-electron chi connectivity index (χ2n) is 9.81. The first kappa shape index (κ1) is 26.7. The van der Waals surface area contributed by atoms with Crippen LogP contribution in [0.15, 0.2) is 30.3 Å². The maximum absolute atomic E-state index is 13.8. The zero-order chi connectivity index (χ0) is 26.6. The van der Waals surface area contributed by atoms with E-state index >= 15 is 0 Å². The number of aliphatic carboxylic acids is 1. The Morgan fingerprint density at radius 3 is 2.32 bits per heavy atom. The SMILES string of the molecule is O=C(O)C[C@@H](NC(=O)c1cc(-c2ccccc2C(F)(F)F)n(C2CCCC2)n1)C(=O)NC1CCCCC1. The number of aromatic nitrogens is 2. The molecule has 0 aliphatic heterocycles. The third kappa shape index (κ3) is 6.50. The number of carboxylic acids is 1. The fourth-order valence-electron chi connectivity index (χ4n) is 5.25. The van der Waals surface area contributed by atoms with Crippen molar-refractivity contribution in [2.45, 2.75) is 88.5 Å². The highest BCUT2D eigenvalue weighted by molar-refractivity contribution is 5.98. The van der Waals surface area contributed by atoms with E-state index in [0.717, 1.165) is 63.9 Å². The molecule has 0 saturated heterocycles. The van der Waals surface area contributed by atoms with Gasteiger partial charge in [-0.1, -0.05) is 50.3 Å². The maximum Gasteiger partial charge on any atom is 0.417 e. The molecule has 37 heavy (non-hydrogen) atoms. The molecule has 2 saturated carbocycles. The summed E-state index contributed by atoms with van der Waals surface area (Å²) in [7, 11) is 0. The number of halogens is 3. The fourth-order valence-corrected chi connectivity index (χ4v) is 5.25. The van der Waals surface area contributed by atoms with Crippen LogP contribution in [0.3, 0.4) is 0 Å². The molecule has 0 bridgehead atoms. The molecular formula is C26H31F3N4O4. The monoisotopic (exact) mass is 520 g/mol. The van der Waals surface area contributed by atoms with Crippen molar-refractivity contribution in [3.63, 3.8) is 0 Å². The quantitative estimate of drug-likeness (QED) is 0.467. The van der Waals surface area contributed by atoms with Gasteiger partial charge in [-0.15, -0.1) is 0 Å². The molecule has 1 heterocycles. The zero-order valence-corrected chi connectivity index (χ0v) is 20.4. The molecule has 1 atom stereocenters. The Morgan fingerprint density at radius 2 is 1.68 bits per heavy atom. The van der Waals surface area contributed by atoms with Crippen LogP contribution in [0.1, 0.15) is 86.3 Å². The Labute approximate surface area is 212 Å². The summed E-state index contributed by atoms with van der Waals surface area (Å²) in [6.07, 6.45) is 2.56. The highest BCUT2D eigenvalue weighted by Crippen LogP contribution is 2.40. The lowest BCUT2D eigenvalue weighted by atomic mass is 9.95. The van der Waals surface area contributed by atoms with Crippen LogP contribution in [0.4, 0.5) is 13.2 Å². The number of carbonyl (C=O) groups is 3. The van der Waals surface area contributed by atoms with Crippen molar-refractivity contribution >= 4 is 17.8 Å². The summed E-state index contributed by atoms with van der Waals surface area (Å²) in [5, 5.41) is 18.9. The molecule has 0 radical (unpaired) electrons. The van der Waals surface area contributed by atoms with Gasteiger partial charge in [-0.3, -0.25) is 19.1 Å².